The Balaban J connectivity index is 3.25. The van der Waals surface area contributed by atoms with E-state index in [0.29, 0.717) is 0 Å². The molecule has 0 aliphatic heterocycles. The molecule has 1 aromatic carbocycles. The molecule has 0 radical (unpaired) electrons. The Bertz CT molecular complexity index is 565. The lowest BCUT2D eigenvalue weighted by Crippen LogP contribution is -2.30. The molecule has 0 aliphatic rings. The van der Waals surface area contributed by atoms with Crippen molar-refractivity contribution in [2.75, 3.05) is 0 Å². The molecule has 0 aromatic heterocycles. The third-order valence-electron chi connectivity index (χ3n) is 1.34. The van der Waals surface area contributed by atoms with E-state index in [-0.39, 0.29) is 0 Å². The minimum absolute atomic E-state index is 0.846. The number of rotatable bonds is 3. The van der Waals surface area contributed by atoms with E-state index in [1.54, 1.807) is 0 Å². The zero-order chi connectivity index (χ0) is 11.7. The molecule has 1 rings (SSSR count). The van der Waals surface area contributed by atoms with Crippen LogP contribution < -0.4 is 4.13 Å². The average Bonchev–Trinajstić information content (AvgIpc) is 1.99. The highest BCUT2D eigenvalue weighted by atomic mass is 32.3. The van der Waals surface area contributed by atoms with Gasteiger partial charge < -0.3 is 0 Å². The summed E-state index contributed by atoms with van der Waals surface area (Å²) in [6.07, 6.45) is 0. The number of nitrogens with one attached hydrogen (secondary N) is 1. The van der Waals surface area contributed by atoms with Crippen molar-refractivity contribution < 1.29 is 25.8 Å². The topological polar surface area (TPSA) is 101 Å². The molecular formula is C6H6FNO5S2. The summed E-state index contributed by atoms with van der Waals surface area (Å²) >= 11 is 0. The van der Waals surface area contributed by atoms with Crippen LogP contribution in [0.5, 0.6) is 0 Å². The number of hydrogen-bond donors (Lipinski definition) is 2. The Morgan fingerprint density at radius 3 is 2.13 bits per heavy atom. The predicted octanol–water partition coefficient (Wildman–Crippen LogP) is -0.0932. The third-order valence-corrected chi connectivity index (χ3v) is 3.97. The van der Waals surface area contributed by atoms with E-state index in [2.05, 4.69) is 0 Å². The normalized spacial score (nSPS) is 12.7. The first-order valence-corrected chi connectivity index (χ1v) is 6.40. The van der Waals surface area contributed by atoms with Crippen LogP contribution in [0, 0.1) is 5.82 Å². The van der Waals surface area contributed by atoms with Crippen LogP contribution in [0.2, 0.25) is 0 Å². The first kappa shape index (κ1) is 12.0. The largest absolute Gasteiger partial charge is 0.346 e. The molecule has 15 heavy (non-hydrogen) atoms. The Hall–Kier alpha value is -1.03. The number of benzene rings is 1. The van der Waals surface area contributed by atoms with E-state index in [1.165, 1.54) is 12.1 Å². The maximum atomic E-state index is 13.0. The summed E-state index contributed by atoms with van der Waals surface area (Å²) < 4.78 is 65.0. The molecule has 0 heterocycles. The summed E-state index contributed by atoms with van der Waals surface area (Å²) in [5.41, 5.74) is 0. The van der Waals surface area contributed by atoms with Gasteiger partial charge in [-0.3, -0.25) is 4.55 Å². The summed E-state index contributed by atoms with van der Waals surface area (Å²) in [5.74, 6) is -1.12. The van der Waals surface area contributed by atoms with Gasteiger partial charge in [-0.1, -0.05) is 16.3 Å². The van der Waals surface area contributed by atoms with Gasteiger partial charge in [0.05, 0.1) is 0 Å². The molecule has 6 nitrogen and oxygen atoms in total. The molecule has 84 valence electrons. The van der Waals surface area contributed by atoms with Gasteiger partial charge in [-0.25, -0.2) is 12.8 Å². The standard InChI is InChI=1S/C6H6FNO5S2/c7-5-3-1-2-4-6(5)14(9,10)8-15(11,12)13/h1-4,8H,(H,11,12,13). The quantitative estimate of drug-likeness (QED) is 0.735. The summed E-state index contributed by atoms with van der Waals surface area (Å²) in [5, 5.41) is 0. The molecule has 0 saturated carbocycles. The first-order valence-electron chi connectivity index (χ1n) is 3.48. The van der Waals surface area contributed by atoms with E-state index in [9.17, 15) is 21.2 Å². The van der Waals surface area contributed by atoms with Crippen molar-refractivity contribution in [2.45, 2.75) is 4.90 Å². The first-order chi connectivity index (χ1) is 6.72. The van der Waals surface area contributed by atoms with Crippen molar-refractivity contribution in [3.05, 3.63) is 30.1 Å². The Labute approximate surface area is 85.7 Å². The zero-order valence-corrected chi connectivity index (χ0v) is 8.72. The fourth-order valence-corrected chi connectivity index (χ4v) is 2.90. The second kappa shape index (κ2) is 3.85. The highest BCUT2D eigenvalue weighted by Gasteiger charge is 2.23. The molecule has 2 N–H and O–H groups in total. The van der Waals surface area contributed by atoms with Gasteiger partial charge in [0.2, 0.25) is 0 Å². The van der Waals surface area contributed by atoms with Gasteiger partial charge in [-0.2, -0.15) is 8.42 Å². The zero-order valence-electron chi connectivity index (χ0n) is 7.08. The minimum Gasteiger partial charge on any atom is -0.273 e. The maximum absolute atomic E-state index is 13.0. The van der Waals surface area contributed by atoms with E-state index < -0.39 is 31.0 Å². The molecule has 1 aromatic rings. The molecule has 0 spiro atoms. The molecule has 0 atom stereocenters. The Kier molecular flexibility index (Phi) is 3.09. The Morgan fingerprint density at radius 1 is 1.13 bits per heavy atom. The molecule has 0 amide bonds. The van der Waals surface area contributed by atoms with E-state index in [0.717, 1.165) is 16.3 Å². The summed E-state index contributed by atoms with van der Waals surface area (Å²) in [6.45, 7) is 0. The van der Waals surface area contributed by atoms with Gasteiger partial charge in [0, 0.05) is 0 Å². The molecule has 0 bridgehead atoms. The van der Waals surface area contributed by atoms with Crippen LogP contribution in [0.25, 0.3) is 0 Å². The van der Waals surface area contributed by atoms with Crippen LogP contribution in [0.1, 0.15) is 0 Å². The molecule has 0 saturated heterocycles. The van der Waals surface area contributed by atoms with Crippen LogP contribution in [-0.2, 0) is 20.3 Å². The van der Waals surface area contributed by atoms with Crippen molar-refractivity contribution in [1.29, 1.82) is 0 Å². The number of hydrogen-bond acceptors (Lipinski definition) is 4. The monoisotopic (exact) mass is 255 g/mol. The lowest BCUT2D eigenvalue weighted by molar-refractivity contribution is 0.477. The van der Waals surface area contributed by atoms with Gasteiger partial charge in [0.15, 0.2) is 0 Å². The van der Waals surface area contributed by atoms with Crippen molar-refractivity contribution in [1.82, 2.24) is 4.13 Å². The van der Waals surface area contributed by atoms with E-state index in [4.69, 9.17) is 4.55 Å². The highest BCUT2D eigenvalue weighted by Crippen LogP contribution is 2.13. The van der Waals surface area contributed by atoms with Crippen LogP contribution in [0.3, 0.4) is 0 Å². The average molecular weight is 255 g/mol. The van der Waals surface area contributed by atoms with Crippen LogP contribution >= 0.6 is 0 Å². The van der Waals surface area contributed by atoms with E-state index >= 15 is 0 Å². The van der Waals surface area contributed by atoms with Crippen molar-refractivity contribution in [2.24, 2.45) is 0 Å². The fraction of sp³-hybridized carbons (Fsp3) is 0. The second-order valence-electron chi connectivity index (χ2n) is 2.49. The Morgan fingerprint density at radius 2 is 1.67 bits per heavy atom. The minimum atomic E-state index is -4.95. The van der Waals surface area contributed by atoms with Crippen molar-refractivity contribution in [3.63, 3.8) is 0 Å². The number of halogens is 1. The van der Waals surface area contributed by atoms with Gasteiger partial charge in [0.25, 0.3) is 10.0 Å². The number of sulfonamides is 1. The van der Waals surface area contributed by atoms with Crippen molar-refractivity contribution >= 4 is 20.3 Å². The lowest BCUT2D eigenvalue weighted by Gasteiger charge is -2.03. The molecule has 0 unspecified atom stereocenters. The van der Waals surface area contributed by atoms with Crippen molar-refractivity contribution in [3.8, 4) is 0 Å². The smallest absolute Gasteiger partial charge is 0.273 e. The van der Waals surface area contributed by atoms with Crippen LogP contribution in [0.15, 0.2) is 29.2 Å². The van der Waals surface area contributed by atoms with Gasteiger partial charge in [-0.15, -0.1) is 0 Å². The second-order valence-corrected chi connectivity index (χ2v) is 5.56. The summed E-state index contributed by atoms with van der Waals surface area (Å²) in [4.78, 5) is -0.859. The summed E-state index contributed by atoms with van der Waals surface area (Å²) in [6, 6.07) is 4.16. The van der Waals surface area contributed by atoms with Crippen LogP contribution in [0.4, 0.5) is 4.39 Å². The fourth-order valence-electron chi connectivity index (χ4n) is 0.846. The molecular weight excluding hydrogens is 249 g/mol. The molecule has 0 fully saturated rings. The lowest BCUT2D eigenvalue weighted by atomic mass is 10.4. The predicted molar refractivity (Wildman–Crippen MR) is 48.3 cm³/mol. The van der Waals surface area contributed by atoms with Gasteiger partial charge in [-0.05, 0) is 12.1 Å². The van der Waals surface area contributed by atoms with E-state index in [1.807, 2.05) is 0 Å². The SMILES string of the molecule is O=S(=O)(O)NS(=O)(=O)c1ccccc1F. The van der Waals surface area contributed by atoms with Gasteiger partial charge >= 0.3 is 10.3 Å². The molecule has 9 heteroatoms. The maximum Gasteiger partial charge on any atom is 0.346 e. The van der Waals surface area contributed by atoms with Gasteiger partial charge in [0.1, 0.15) is 10.7 Å². The third kappa shape index (κ3) is 3.23. The highest BCUT2D eigenvalue weighted by molar-refractivity contribution is 8.02. The molecule has 0 aliphatic carbocycles. The van der Waals surface area contributed by atoms with Crippen LogP contribution in [-0.4, -0.2) is 21.4 Å². The summed E-state index contributed by atoms with van der Waals surface area (Å²) in [7, 11) is -9.56.